The Labute approximate surface area is 155 Å². The summed E-state index contributed by atoms with van der Waals surface area (Å²) < 4.78 is 0. The molecule has 1 saturated heterocycles. The van der Waals surface area contributed by atoms with Crippen molar-refractivity contribution in [2.24, 2.45) is 10.9 Å². The zero-order chi connectivity index (χ0) is 17.7. The molecule has 0 aromatic heterocycles. The van der Waals surface area contributed by atoms with Gasteiger partial charge in [-0.1, -0.05) is 45.4 Å². The number of nitrogens with zero attached hydrogens (tertiary/aromatic N) is 3. The average molecular weight is 352 g/mol. The van der Waals surface area contributed by atoms with E-state index in [0.29, 0.717) is 0 Å². The molecule has 2 aliphatic rings. The molecule has 2 rings (SSSR count). The summed E-state index contributed by atoms with van der Waals surface area (Å²) in [5.41, 5.74) is 0. The predicted molar refractivity (Wildman–Crippen MR) is 108 cm³/mol. The van der Waals surface area contributed by atoms with Crippen LogP contribution >= 0.6 is 0 Å². The molecule has 1 aliphatic carbocycles. The Kier molecular flexibility index (Phi) is 10.3. The molecule has 0 aromatic carbocycles. The third kappa shape index (κ3) is 8.41. The summed E-state index contributed by atoms with van der Waals surface area (Å²) >= 11 is 0. The van der Waals surface area contributed by atoms with Crippen molar-refractivity contribution in [3.05, 3.63) is 0 Å². The van der Waals surface area contributed by atoms with E-state index < -0.39 is 0 Å². The minimum atomic E-state index is 0.934. The van der Waals surface area contributed by atoms with Crippen molar-refractivity contribution in [3.8, 4) is 0 Å². The van der Waals surface area contributed by atoms with Crippen molar-refractivity contribution in [2.45, 2.75) is 58.8 Å². The van der Waals surface area contributed by atoms with Gasteiger partial charge in [-0.3, -0.25) is 9.89 Å². The average Bonchev–Trinajstić information content (AvgIpc) is 3.15. The van der Waals surface area contributed by atoms with Crippen molar-refractivity contribution < 1.29 is 0 Å². The van der Waals surface area contributed by atoms with Crippen molar-refractivity contribution in [1.82, 2.24) is 20.4 Å². The summed E-state index contributed by atoms with van der Waals surface area (Å²) in [7, 11) is 0. The number of aliphatic imine (C=N–C) groups is 1. The molecule has 2 N–H and O–H groups in total. The Morgan fingerprint density at radius 1 is 0.960 bits per heavy atom. The molecular weight excluding hydrogens is 310 g/mol. The Balaban J connectivity index is 1.55. The zero-order valence-corrected chi connectivity index (χ0v) is 16.7. The fourth-order valence-electron chi connectivity index (χ4n) is 4.04. The molecule has 0 amide bonds. The van der Waals surface area contributed by atoms with E-state index in [4.69, 9.17) is 4.99 Å². The van der Waals surface area contributed by atoms with Crippen LogP contribution in [-0.4, -0.2) is 74.7 Å². The fourth-order valence-corrected chi connectivity index (χ4v) is 4.04. The molecule has 0 spiro atoms. The maximum absolute atomic E-state index is 4.75. The largest absolute Gasteiger partial charge is 0.357 e. The first-order valence-electron chi connectivity index (χ1n) is 10.8. The normalized spacial score (nSPS) is 21.0. The molecule has 5 heteroatoms. The molecule has 0 aromatic rings. The van der Waals surface area contributed by atoms with Crippen LogP contribution in [0.3, 0.4) is 0 Å². The summed E-state index contributed by atoms with van der Waals surface area (Å²) in [5.74, 6) is 2.01. The summed E-state index contributed by atoms with van der Waals surface area (Å²) in [6.07, 6.45) is 9.86. The second-order valence-corrected chi connectivity index (χ2v) is 7.61. The van der Waals surface area contributed by atoms with Crippen LogP contribution in [0.4, 0.5) is 0 Å². The number of nitrogens with one attached hydrogen (secondary N) is 2. The van der Waals surface area contributed by atoms with E-state index in [1.807, 2.05) is 0 Å². The van der Waals surface area contributed by atoms with E-state index in [-0.39, 0.29) is 0 Å². The van der Waals surface area contributed by atoms with Gasteiger partial charge in [0.25, 0.3) is 0 Å². The first kappa shape index (κ1) is 20.5. The van der Waals surface area contributed by atoms with Crippen molar-refractivity contribution >= 4 is 5.96 Å². The smallest absolute Gasteiger partial charge is 0.191 e. The predicted octanol–water partition coefficient (Wildman–Crippen LogP) is 2.54. The highest BCUT2D eigenvalue weighted by molar-refractivity contribution is 5.79. The van der Waals surface area contributed by atoms with Gasteiger partial charge in [0.2, 0.25) is 0 Å². The van der Waals surface area contributed by atoms with Crippen molar-refractivity contribution in [3.63, 3.8) is 0 Å². The van der Waals surface area contributed by atoms with Gasteiger partial charge in [0.05, 0.1) is 0 Å². The van der Waals surface area contributed by atoms with E-state index >= 15 is 0 Å². The third-order valence-corrected chi connectivity index (χ3v) is 5.74. The molecule has 0 radical (unpaired) electrons. The van der Waals surface area contributed by atoms with Gasteiger partial charge in [0, 0.05) is 52.4 Å². The Morgan fingerprint density at radius 3 is 2.36 bits per heavy atom. The first-order chi connectivity index (χ1) is 12.3. The van der Waals surface area contributed by atoms with Crippen LogP contribution in [0.25, 0.3) is 0 Å². The fraction of sp³-hybridized carbons (Fsp3) is 0.950. The molecule has 2 fully saturated rings. The van der Waals surface area contributed by atoms with Gasteiger partial charge in [-0.2, -0.15) is 0 Å². The minimum Gasteiger partial charge on any atom is -0.357 e. The van der Waals surface area contributed by atoms with Gasteiger partial charge < -0.3 is 15.5 Å². The zero-order valence-electron chi connectivity index (χ0n) is 16.7. The maximum Gasteiger partial charge on any atom is 0.191 e. The van der Waals surface area contributed by atoms with Crippen LogP contribution in [-0.2, 0) is 0 Å². The standard InChI is InChI=1S/C20H41N5/c1-3-21-20(22-12-8-7-11-19-9-5-6-10-19)23-13-14-25-17-15-24(4-2)16-18-25/h19H,3-18H2,1-2H3,(H2,21,22,23). The summed E-state index contributed by atoms with van der Waals surface area (Å²) in [4.78, 5) is 9.84. The topological polar surface area (TPSA) is 42.9 Å². The minimum absolute atomic E-state index is 0.934. The lowest BCUT2D eigenvalue weighted by molar-refractivity contribution is 0.139. The highest BCUT2D eigenvalue weighted by atomic mass is 15.3. The Hall–Kier alpha value is -0.810. The van der Waals surface area contributed by atoms with Gasteiger partial charge in [-0.15, -0.1) is 0 Å². The Bertz CT molecular complexity index is 357. The van der Waals surface area contributed by atoms with Crippen molar-refractivity contribution in [1.29, 1.82) is 0 Å². The second-order valence-electron chi connectivity index (χ2n) is 7.61. The highest BCUT2D eigenvalue weighted by Gasteiger charge is 2.15. The molecule has 0 bridgehead atoms. The van der Waals surface area contributed by atoms with Gasteiger partial charge in [-0.25, -0.2) is 0 Å². The lowest BCUT2D eigenvalue weighted by atomic mass is 10.0. The molecular formula is C20H41N5. The van der Waals surface area contributed by atoms with E-state index in [2.05, 4.69) is 34.3 Å². The number of piperazine rings is 1. The first-order valence-corrected chi connectivity index (χ1v) is 10.8. The monoisotopic (exact) mass is 351 g/mol. The number of likely N-dealkylation sites (N-methyl/N-ethyl adjacent to an activating group) is 1. The van der Waals surface area contributed by atoms with Gasteiger partial charge >= 0.3 is 0 Å². The molecule has 146 valence electrons. The molecule has 0 atom stereocenters. The number of hydrogen-bond acceptors (Lipinski definition) is 3. The van der Waals surface area contributed by atoms with Crippen LogP contribution in [0.15, 0.2) is 4.99 Å². The number of rotatable bonds is 10. The molecule has 1 heterocycles. The molecule has 25 heavy (non-hydrogen) atoms. The summed E-state index contributed by atoms with van der Waals surface area (Å²) in [6.45, 7) is 14.4. The molecule has 1 aliphatic heterocycles. The van der Waals surface area contributed by atoms with Crippen LogP contribution in [0.1, 0.15) is 58.8 Å². The van der Waals surface area contributed by atoms with E-state index in [1.54, 1.807) is 0 Å². The highest BCUT2D eigenvalue weighted by Crippen LogP contribution is 2.28. The summed E-state index contributed by atoms with van der Waals surface area (Å²) in [5, 5.41) is 6.89. The summed E-state index contributed by atoms with van der Waals surface area (Å²) in [6, 6.07) is 0. The van der Waals surface area contributed by atoms with E-state index in [9.17, 15) is 0 Å². The van der Waals surface area contributed by atoms with E-state index in [0.717, 1.165) is 38.1 Å². The molecule has 5 nitrogen and oxygen atoms in total. The van der Waals surface area contributed by atoms with Gasteiger partial charge in [0.1, 0.15) is 0 Å². The SMILES string of the molecule is CCNC(=NCCCCC1CCCC1)NCCN1CCN(CC)CC1. The third-order valence-electron chi connectivity index (χ3n) is 5.74. The second kappa shape index (κ2) is 12.5. The van der Waals surface area contributed by atoms with Crippen LogP contribution in [0.2, 0.25) is 0 Å². The van der Waals surface area contributed by atoms with Crippen molar-refractivity contribution in [2.75, 3.05) is 58.9 Å². The molecule has 0 unspecified atom stereocenters. The lowest BCUT2D eigenvalue weighted by Gasteiger charge is -2.34. The van der Waals surface area contributed by atoms with Crippen LogP contribution in [0, 0.1) is 5.92 Å². The van der Waals surface area contributed by atoms with Crippen LogP contribution in [0.5, 0.6) is 0 Å². The molecule has 1 saturated carbocycles. The number of hydrogen-bond donors (Lipinski definition) is 2. The number of guanidine groups is 1. The maximum atomic E-state index is 4.75. The van der Waals surface area contributed by atoms with Gasteiger partial charge in [-0.05, 0) is 25.8 Å². The van der Waals surface area contributed by atoms with E-state index in [1.165, 1.54) is 77.7 Å². The van der Waals surface area contributed by atoms with Crippen LogP contribution < -0.4 is 10.6 Å². The quantitative estimate of drug-likeness (QED) is 0.361. The lowest BCUT2D eigenvalue weighted by Crippen LogP contribution is -2.49. The van der Waals surface area contributed by atoms with Gasteiger partial charge in [0.15, 0.2) is 5.96 Å². The Morgan fingerprint density at radius 2 is 1.68 bits per heavy atom. The number of unbranched alkanes of at least 4 members (excludes halogenated alkanes) is 1.